The Morgan fingerprint density at radius 2 is 2.12 bits per heavy atom. The van der Waals surface area contributed by atoms with Gasteiger partial charge in [-0.1, -0.05) is 30.4 Å². The van der Waals surface area contributed by atoms with E-state index in [4.69, 9.17) is 4.74 Å². The second kappa shape index (κ2) is 6.50. The van der Waals surface area contributed by atoms with Crippen molar-refractivity contribution in [2.75, 3.05) is 6.54 Å². The molecule has 1 aliphatic carbocycles. The third kappa shape index (κ3) is 2.98. The van der Waals surface area contributed by atoms with Crippen LogP contribution in [0.25, 0.3) is 0 Å². The molecule has 4 rings (SSSR count). The summed E-state index contributed by atoms with van der Waals surface area (Å²) in [5.74, 6) is 6.57. The Balaban J connectivity index is 1.75. The fourth-order valence-corrected chi connectivity index (χ4v) is 4.82. The topological polar surface area (TPSA) is 29.5 Å². The Labute approximate surface area is 150 Å². The van der Waals surface area contributed by atoms with Crippen LogP contribution in [0.5, 0.6) is 0 Å². The lowest BCUT2D eigenvalue weighted by atomic mass is 9.81. The summed E-state index contributed by atoms with van der Waals surface area (Å²) in [6.45, 7) is 5.39. The van der Waals surface area contributed by atoms with E-state index in [1.54, 1.807) is 6.08 Å². The number of hydrogen-bond acceptors (Lipinski definition) is 3. The van der Waals surface area contributed by atoms with Crippen LogP contribution >= 0.6 is 0 Å². The minimum atomic E-state index is -0.566. The molecule has 1 saturated heterocycles. The van der Waals surface area contributed by atoms with Crippen LogP contribution in [0.15, 0.2) is 34.9 Å². The summed E-state index contributed by atoms with van der Waals surface area (Å²) in [6, 6.07) is 0.565. The Morgan fingerprint density at radius 1 is 1.24 bits per heavy atom. The summed E-state index contributed by atoms with van der Waals surface area (Å²) < 4.78 is 5.88. The molecule has 0 aromatic carbocycles. The fraction of sp³-hybridized carbons (Fsp3) is 0.591. The van der Waals surface area contributed by atoms with Crippen LogP contribution in [-0.4, -0.2) is 35.1 Å². The highest BCUT2D eigenvalue weighted by atomic mass is 16.6. The van der Waals surface area contributed by atoms with Gasteiger partial charge in [-0.2, -0.15) is 0 Å². The van der Waals surface area contributed by atoms with E-state index in [0.717, 1.165) is 37.0 Å². The number of piperidine rings is 1. The van der Waals surface area contributed by atoms with E-state index in [2.05, 4.69) is 42.7 Å². The second-order valence-corrected chi connectivity index (χ2v) is 7.88. The molecule has 132 valence electrons. The molecule has 3 heteroatoms. The number of ether oxygens (including phenoxy) is 1. The predicted octanol–water partition coefficient (Wildman–Crippen LogP) is 3.92. The number of hydrogen-bond donors (Lipinski definition) is 0. The molecule has 1 fully saturated rings. The van der Waals surface area contributed by atoms with Crippen LogP contribution in [-0.2, 0) is 9.53 Å². The molecule has 0 unspecified atom stereocenters. The minimum Gasteiger partial charge on any atom is -0.450 e. The summed E-state index contributed by atoms with van der Waals surface area (Å²) in [6.07, 6.45) is 14.4. The number of esters is 1. The van der Waals surface area contributed by atoms with Gasteiger partial charge in [0.05, 0.1) is 6.04 Å². The number of nitrogens with zero attached hydrogens (tertiary/aromatic N) is 1. The molecular formula is C22H27NO2. The van der Waals surface area contributed by atoms with E-state index in [0.29, 0.717) is 6.04 Å². The minimum absolute atomic E-state index is 0.220. The number of rotatable bonds is 0. The number of allylic oxidation sites excluding steroid dienone is 2. The highest BCUT2D eigenvalue weighted by Crippen LogP contribution is 2.44. The molecule has 3 atom stereocenters. The van der Waals surface area contributed by atoms with Crippen molar-refractivity contribution in [3.8, 4) is 11.8 Å². The van der Waals surface area contributed by atoms with E-state index in [1.165, 1.54) is 31.3 Å². The van der Waals surface area contributed by atoms with Crippen molar-refractivity contribution in [1.82, 2.24) is 4.90 Å². The second-order valence-electron chi connectivity index (χ2n) is 7.88. The molecule has 25 heavy (non-hydrogen) atoms. The zero-order valence-corrected chi connectivity index (χ0v) is 15.3. The summed E-state index contributed by atoms with van der Waals surface area (Å²) in [5.41, 5.74) is 2.66. The third-order valence-corrected chi connectivity index (χ3v) is 6.16. The Kier molecular flexibility index (Phi) is 4.33. The Hall–Kier alpha value is -1.79. The van der Waals surface area contributed by atoms with Crippen LogP contribution in [0.1, 0.15) is 58.8 Å². The van der Waals surface area contributed by atoms with Gasteiger partial charge in [-0.15, -0.1) is 0 Å². The van der Waals surface area contributed by atoms with E-state index in [-0.39, 0.29) is 12.0 Å². The standard InChI is InChI=1S/C22H27NO2/c1-16-14-18(12-11-17-8-4-3-5-9-17)19-15-21(24)25-22(19,2)20-10-6-7-13-23(16)20/h8,14-16,20H,3-7,9-10,13H2,1-2H3/t16-,20+,22-/m0/s1. The van der Waals surface area contributed by atoms with Crippen molar-refractivity contribution >= 4 is 5.97 Å². The van der Waals surface area contributed by atoms with Crippen LogP contribution in [0.3, 0.4) is 0 Å². The van der Waals surface area contributed by atoms with Gasteiger partial charge in [0.25, 0.3) is 0 Å². The molecule has 0 aromatic rings. The van der Waals surface area contributed by atoms with Gasteiger partial charge in [0, 0.05) is 23.3 Å². The zero-order chi connectivity index (χ0) is 17.4. The smallest absolute Gasteiger partial charge is 0.332 e. The van der Waals surface area contributed by atoms with E-state index < -0.39 is 5.60 Å². The number of carbonyl (C=O) groups excluding carboxylic acids is 1. The first-order valence-corrected chi connectivity index (χ1v) is 9.72. The first-order chi connectivity index (χ1) is 12.1. The largest absolute Gasteiger partial charge is 0.450 e. The summed E-state index contributed by atoms with van der Waals surface area (Å²) in [4.78, 5) is 14.6. The van der Waals surface area contributed by atoms with Gasteiger partial charge in [0.1, 0.15) is 0 Å². The summed E-state index contributed by atoms with van der Waals surface area (Å²) >= 11 is 0. The van der Waals surface area contributed by atoms with Crippen LogP contribution in [0.4, 0.5) is 0 Å². The van der Waals surface area contributed by atoms with Crippen molar-refractivity contribution in [2.24, 2.45) is 0 Å². The molecule has 0 radical (unpaired) electrons. The van der Waals surface area contributed by atoms with E-state index in [1.807, 2.05) is 0 Å². The van der Waals surface area contributed by atoms with Gasteiger partial charge in [0.15, 0.2) is 5.60 Å². The van der Waals surface area contributed by atoms with Crippen molar-refractivity contribution in [1.29, 1.82) is 0 Å². The lowest BCUT2D eigenvalue weighted by molar-refractivity contribution is -0.151. The normalized spacial score (nSPS) is 35.1. The van der Waals surface area contributed by atoms with Gasteiger partial charge < -0.3 is 4.74 Å². The van der Waals surface area contributed by atoms with Crippen LogP contribution in [0.2, 0.25) is 0 Å². The SMILES string of the molecule is C[C@H]1C=C(C#CC2=CCCCC2)C2=CC(=O)O[C@]2(C)[C@H]2CCCCN12. The van der Waals surface area contributed by atoms with E-state index >= 15 is 0 Å². The first-order valence-electron chi connectivity index (χ1n) is 9.72. The number of fused-ring (bicyclic) bond motifs is 3. The first kappa shape index (κ1) is 16.7. The average Bonchev–Trinajstić information content (AvgIpc) is 2.91. The maximum absolute atomic E-state index is 12.1. The highest BCUT2D eigenvalue weighted by Gasteiger charge is 2.51. The molecule has 0 aromatic heterocycles. The molecule has 3 nitrogen and oxygen atoms in total. The van der Waals surface area contributed by atoms with Gasteiger partial charge in [-0.25, -0.2) is 4.79 Å². The highest BCUT2D eigenvalue weighted by molar-refractivity contribution is 5.89. The van der Waals surface area contributed by atoms with Gasteiger partial charge in [-0.3, -0.25) is 4.90 Å². The van der Waals surface area contributed by atoms with Gasteiger partial charge in [-0.05, 0) is 64.5 Å². The van der Waals surface area contributed by atoms with Crippen LogP contribution in [0, 0.1) is 11.8 Å². The average molecular weight is 337 g/mol. The number of carbonyl (C=O) groups is 1. The van der Waals surface area contributed by atoms with E-state index in [9.17, 15) is 4.79 Å². The maximum Gasteiger partial charge on any atom is 0.332 e. The maximum atomic E-state index is 12.1. The quantitative estimate of drug-likeness (QED) is 0.496. The monoisotopic (exact) mass is 337 g/mol. The van der Waals surface area contributed by atoms with Gasteiger partial charge >= 0.3 is 5.97 Å². The molecule has 0 bridgehead atoms. The molecule has 0 saturated carbocycles. The predicted molar refractivity (Wildman–Crippen MR) is 98.8 cm³/mol. The summed E-state index contributed by atoms with van der Waals surface area (Å²) in [5, 5.41) is 0. The summed E-state index contributed by atoms with van der Waals surface area (Å²) in [7, 11) is 0. The molecule has 3 heterocycles. The Bertz CT molecular complexity index is 733. The van der Waals surface area contributed by atoms with Crippen molar-refractivity contribution in [3.05, 3.63) is 34.9 Å². The fourth-order valence-electron chi connectivity index (χ4n) is 4.82. The molecule has 3 aliphatic heterocycles. The van der Waals surface area contributed by atoms with Gasteiger partial charge in [0.2, 0.25) is 0 Å². The van der Waals surface area contributed by atoms with Crippen LogP contribution < -0.4 is 0 Å². The van der Waals surface area contributed by atoms with Crippen molar-refractivity contribution in [3.63, 3.8) is 0 Å². The lowest BCUT2D eigenvalue weighted by Crippen LogP contribution is -2.55. The Morgan fingerprint density at radius 3 is 2.92 bits per heavy atom. The molecule has 0 spiro atoms. The zero-order valence-electron chi connectivity index (χ0n) is 15.3. The molecule has 4 aliphatic rings. The lowest BCUT2D eigenvalue weighted by Gasteiger charge is -2.45. The molecule has 0 amide bonds. The van der Waals surface area contributed by atoms with Crippen molar-refractivity contribution in [2.45, 2.75) is 76.5 Å². The molecule has 0 N–H and O–H groups in total. The van der Waals surface area contributed by atoms with Crippen molar-refractivity contribution < 1.29 is 9.53 Å². The third-order valence-electron chi connectivity index (χ3n) is 6.16. The molecular weight excluding hydrogens is 310 g/mol.